The SMILES string of the molecule is C[C@H](NC(=O)c1ccccc1NC(=O)CN1C(=O)N[C@@]2(CCCC[C@H]2C)C1=O)c1ccccc1. The lowest BCUT2D eigenvalue weighted by Crippen LogP contribution is -2.54. The van der Waals surface area contributed by atoms with E-state index in [0.717, 1.165) is 29.7 Å². The Balaban J connectivity index is 1.43. The quantitative estimate of drug-likeness (QED) is 0.570. The number of nitrogens with zero attached hydrogens (tertiary/aromatic N) is 1. The molecule has 3 atom stereocenters. The minimum Gasteiger partial charge on any atom is -0.345 e. The number of benzene rings is 2. The van der Waals surface area contributed by atoms with Crippen molar-refractivity contribution >= 4 is 29.4 Å². The fourth-order valence-electron chi connectivity index (χ4n) is 4.86. The van der Waals surface area contributed by atoms with Crippen LogP contribution in [0.25, 0.3) is 0 Å². The Labute approximate surface area is 199 Å². The molecule has 2 fully saturated rings. The predicted molar refractivity (Wildman–Crippen MR) is 128 cm³/mol. The molecule has 0 bridgehead atoms. The zero-order valence-corrected chi connectivity index (χ0v) is 19.5. The van der Waals surface area contributed by atoms with Gasteiger partial charge in [0, 0.05) is 0 Å². The third-order valence-corrected chi connectivity index (χ3v) is 6.90. The number of carbonyl (C=O) groups is 4. The molecule has 1 saturated carbocycles. The van der Waals surface area contributed by atoms with Gasteiger partial charge in [0.05, 0.1) is 17.3 Å². The molecule has 0 radical (unpaired) electrons. The lowest BCUT2D eigenvalue weighted by molar-refractivity contribution is -0.136. The van der Waals surface area contributed by atoms with Gasteiger partial charge < -0.3 is 16.0 Å². The van der Waals surface area contributed by atoms with Crippen LogP contribution in [-0.4, -0.2) is 40.7 Å². The van der Waals surface area contributed by atoms with Crippen molar-refractivity contribution in [1.82, 2.24) is 15.5 Å². The number of imide groups is 1. The highest BCUT2D eigenvalue weighted by Crippen LogP contribution is 2.38. The highest BCUT2D eigenvalue weighted by atomic mass is 16.2. The molecular formula is C26H30N4O4. The molecule has 2 aromatic carbocycles. The summed E-state index contributed by atoms with van der Waals surface area (Å²) in [5.41, 5.74) is 0.661. The van der Waals surface area contributed by atoms with Crippen LogP contribution in [-0.2, 0) is 9.59 Å². The van der Waals surface area contributed by atoms with Crippen molar-refractivity contribution in [3.05, 3.63) is 65.7 Å². The summed E-state index contributed by atoms with van der Waals surface area (Å²) in [4.78, 5) is 52.4. The maximum Gasteiger partial charge on any atom is 0.325 e. The highest BCUT2D eigenvalue weighted by molar-refractivity contribution is 6.11. The number of hydrogen-bond donors (Lipinski definition) is 3. The van der Waals surface area contributed by atoms with Gasteiger partial charge in [0.2, 0.25) is 5.91 Å². The van der Waals surface area contributed by atoms with Crippen molar-refractivity contribution in [2.75, 3.05) is 11.9 Å². The Morgan fingerprint density at radius 3 is 2.53 bits per heavy atom. The molecular weight excluding hydrogens is 432 g/mol. The minimum absolute atomic E-state index is 0.0155. The van der Waals surface area contributed by atoms with Gasteiger partial charge in [-0.1, -0.05) is 62.2 Å². The summed E-state index contributed by atoms with van der Waals surface area (Å²) in [5.74, 6) is -1.21. The topological polar surface area (TPSA) is 108 Å². The lowest BCUT2D eigenvalue weighted by atomic mass is 9.73. The number of para-hydroxylation sites is 1. The van der Waals surface area contributed by atoms with Gasteiger partial charge in [0.1, 0.15) is 12.1 Å². The van der Waals surface area contributed by atoms with Crippen LogP contribution >= 0.6 is 0 Å². The summed E-state index contributed by atoms with van der Waals surface area (Å²) in [6.45, 7) is 3.44. The molecule has 8 nitrogen and oxygen atoms in total. The first-order valence-corrected chi connectivity index (χ1v) is 11.7. The lowest BCUT2D eigenvalue weighted by Gasteiger charge is -2.36. The molecule has 8 heteroatoms. The maximum atomic E-state index is 13.1. The summed E-state index contributed by atoms with van der Waals surface area (Å²) in [6.07, 6.45) is 3.32. The van der Waals surface area contributed by atoms with Gasteiger partial charge in [-0.15, -0.1) is 0 Å². The molecule has 4 rings (SSSR count). The first-order chi connectivity index (χ1) is 16.3. The number of hydrogen-bond acceptors (Lipinski definition) is 4. The third-order valence-electron chi connectivity index (χ3n) is 6.90. The van der Waals surface area contributed by atoms with E-state index in [2.05, 4.69) is 16.0 Å². The van der Waals surface area contributed by atoms with Gasteiger partial charge in [0.15, 0.2) is 0 Å². The summed E-state index contributed by atoms with van der Waals surface area (Å²) in [5, 5.41) is 8.49. The van der Waals surface area contributed by atoms with E-state index in [1.807, 2.05) is 44.2 Å². The van der Waals surface area contributed by atoms with E-state index < -0.39 is 24.0 Å². The van der Waals surface area contributed by atoms with E-state index >= 15 is 0 Å². The van der Waals surface area contributed by atoms with Crippen molar-refractivity contribution in [3.63, 3.8) is 0 Å². The van der Waals surface area contributed by atoms with Gasteiger partial charge in [0.25, 0.3) is 11.8 Å². The Hall–Kier alpha value is -3.68. The van der Waals surface area contributed by atoms with E-state index in [9.17, 15) is 19.2 Å². The van der Waals surface area contributed by atoms with Crippen LogP contribution in [0.2, 0.25) is 0 Å². The van der Waals surface area contributed by atoms with Gasteiger partial charge in [-0.25, -0.2) is 4.79 Å². The summed E-state index contributed by atoms with van der Waals surface area (Å²) < 4.78 is 0. The largest absolute Gasteiger partial charge is 0.345 e. The molecule has 1 spiro atoms. The van der Waals surface area contributed by atoms with E-state index in [0.29, 0.717) is 17.7 Å². The van der Waals surface area contributed by atoms with Crippen molar-refractivity contribution in [3.8, 4) is 0 Å². The average Bonchev–Trinajstić information content (AvgIpc) is 3.06. The van der Waals surface area contributed by atoms with Gasteiger partial charge in [-0.3, -0.25) is 19.3 Å². The Morgan fingerprint density at radius 2 is 1.79 bits per heavy atom. The normalized spacial score (nSPS) is 22.9. The van der Waals surface area contributed by atoms with E-state index in [1.165, 1.54) is 0 Å². The van der Waals surface area contributed by atoms with Crippen molar-refractivity contribution in [1.29, 1.82) is 0 Å². The summed E-state index contributed by atoms with van der Waals surface area (Å²) >= 11 is 0. The fourth-order valence-corrected chi connectivity index (χ4v) is 4.86. The maximum absolute atomic E-state index is 13.1. The molecule has 178 valence electrons. The summed E-state index contributed by atoms with van der Waals surface area (Å²) in [6, 6.07) is 15.5. The van der Waals surface area contributed by atoms with Gasteiger partial charge in [-0.05, 0) is 43.4 Å². The second-order valence-electron chi connectivity index (χ2n) is 9.14. The van der Waals surface area contributed by atoms with Crippen molar-refractivity contribution in [2.45, 2.75) is 51.1 Å². The zero-order chi connectivity index (χ0) is 24.3. The highest BCUT2D eigenvalue weighted by Gasteiger charge is 2.55. The van der Waals surface area contributed by atoms with E-state index in [-0.39, 0.29) is 23.8 Å². The van der Waals surface area contributed by atoms with Crippen LogP contribution in [0.5, 0.6) is 0 Å². The molecule has 2 aromatic rings. The van der Waals surface area contributed by atoms with Gasteiger partial charge in [-0.2, -0.15) is 0 Å². The molecule has 34 heavy (non-hydrogen) atoms. The molecule has 1 aliphatic carbocycles. The fraction of sp³-hybridized carbons (Fsp3) is 0.385. The van der Waals surface area contributed by atoms with Crippen LogP contribution in [0.3, 0.4) is 0 Å². The molecule has 0 unspecified atom stereocenters. The van der Waals surface area contributed by atoms with Crippen LogP contribution in [0.1, 0.15) is 61.5 Å². The van der Waals surface area contributed by atoms with Crippen LogP contribution < -0.4 is 16.0 Å². The second-order valence-corrected chi connectivity index (χ2v) is 9.14. The van der Waals surface area contributed by atoms with Crippen LogP contribution in [0.4, 0.5) is 10.5 Å². The first kappa shape index (κ1) is 23.5. The molecule has 3 N–H and O–H groups in total. The van der Waals surface area contributed by atoms with Crippen LogP contribution in [0.15, 0.2) is 54.6 Å². The van der Waals surface area contributed by atoms with E-state index in [1.54, 1.807) is 24.3 Å². The first-order valence-electron chi connectivity index (χ1n) is 11.7. The van der Waals surface area contributed by atoms with E-state index in [4.69, 9.17) is 0 Å². The molecule has 2 aliphatic rings. The van der Waals surface area contributed by atoms with Crippen molar-refractivity contribution in [2.24, 2.45) is 5.92 Å². The number of rotatable bonds is 6. The smallest absolute Gasteiger partial charge is 0.325 e. The average molecular weight is 463 g/mol. The summed E-state index contributed by atoms with van der Waals surface area (Å²) in [7, 11) is 0. The second kappa shape index (κ2) is 9.67. The molecule has 0 aromatic heterocycles. The minimum atomic E-state index is -0.916. The monoisotopic (exact) mass is 462 g/mol. The Bertz CT molecular complexity index is 1100. The van der Waals surface area contributed by atoms with Crippen LogP contribution in [0, 0.1) is 5.92 Å². The van der Waals surface area contributed by atoms with Crippen molar-refractivity contribution < 1.29 is 19.2 Å². The number of nitrogens with one attached hydrogen (secondary N) is 3. The Kier molecular flexibility index (Phi) is 6.68. The zero-order valence-electron chi connectivity index (χ0n) is 19.5. The number of amides is 5. The molecule has 1 aliphatic heterocycles. The van der Waals surface area contributed by atoms with Gasteiger partial charge >= 0.3 is 6.03 Å². The third kappa shape index (κ3) is 4.53. The standard InChI is InChI=1S/C26H30N4O4/c1-17-10-8-9-15-26(17)24(33)30(25(34)29-26)16-22(31)28-21-14-7-6-13-20(21)23(32)27-18(2)19-11-4-3-5-12-19/h3-7,11-14,17-18H,8-10,15-16H2,1-2H3,(H,27,32)(H,28,31)(H,29,34)/t17-,18+,26-/m1/s1. The predicted octanol–water partition coefficient (Wildman–Crippen LogP) is 3.62. The number of anilines is 1. The Morgan fingerprint density at radius 1 is 1.09 bits per heavy atom. The number of urea groups is 1. The molecule has 1 saturated heterocycles. The molecule has 5 amide bonds. The number of carbonyl (C=O) groups excluding carboxylic acids is 4. The molecule has 1 heterocycles.